The predicted molar refractivity (Wildman–Crippen MR) is 90.2 cm³/mol. The zero-order valence-electron chi connectivity index (χ0n) is 13.2. The third-order valence-corrected chi connectivity index (χ3v) is 3.66. The van der Waals surface area contributed by atoms with Gasteiger partial charge in [-0.2, -0.15) is 0 Å². The summed E-state index contributed by atoms with van der Waals surface area (Å²) in [5.41, 5.74) is 9.92. The van der Waals surface area contributed by atoms with Crippen molar-refractivity contribution < 1.29 is 9.53 Å². The molecule has 0 unspecified atom stereocenters. The monoisotopic (exact) mass is 309 g/mol. The predicted octanol–water partition coefficient (Wildman–Crippen LogP) is 2.48. The number of hydrogen-bond acceptors (Lipinski definition) is 5. The number of benzene rings is 1. The van der Waals surface area contributed by atoms with Gasteiger partial charge in [-0.3, -0.25) is 14.8 Å². The van der Waals surface area contributed by atoms with Crippen LogP contribution in [0.25, 0.3) is 11.1 Å². The summed E-state index contributed by atoms with van der Waals surface area (Å²) in [7, 11) is 0. The number of Topliss-reactive ketones (excluding diaryl/α,β-unsaturated/α-hetero) is 1. The maximum atomic E-state index is 12.0. The maximum absolute atomic E-state index is 12.0. The molecule has 2 aromatic rings. The van der Waals surface area contributed by atoms with Crippen LogP contribution >= 0.6 is 0 Å². The number of ketones is 1. The number of ether oxygens (including phenoxy) is 1. The maximum Gasteiger partial charge on any atom is 0.184 e. The van der Waals surface area contributed by atoms with Crippen molar-refractivity contribution in [2.45, 2.75) is 20.0 Å². The smallest absolute Gasteiger partial charge is 0.184 e. The Bertz CT molecular complexity index is 782. The Morgan fingerprint density at radius 3 is 2.74 bits per heavy atom. The van der Waals surface area contributed by atoms with Crippen LogP contribution in [0.3, 0.4) is 0 Å². The van der Waals surface area contributed by atoms with Crippen molar-refractivity contribution in [2.75, 3.05) is 13.1 Å². The molecule has 0 bridgehead atoms. The van der Waals surface area contributed by atoms with Gasteiger partial charge in [0.1, 0.15) is 12.3 Å². The van der Waals surface area contributed by atoms with Gasteiger partial charge in [0, 0.05) is 29.4 Å². The van der Waals surface area contributed by atoms with Crippen molar-refractivity contribution in [3.8, 4) is 16.9 Å². The number of nitrogens with zero attached hydrogens (tertiary/aromatic N) is 2. The highest BCUT2D eigenvalue weighted by atomic mass is 16.5. The molecule has 0 atom stereocenters. The van der Waals surface area contributed by atoms with E-state index in [2.05, 4.69) is 9.98 Å². The molecule has 118 valence electrons. The molecule has 0 amide bonds. The fourth-order valence-electron chi connectivity index (χ4n) is 2.63. The van der Waals surface area contributed by atoms with Gasteiger partial charge in [-0.25, -0.2) is 0 Å². The van der Waals surface area contributed by atoms with E-state index >= 15 is 0 Å². The average molecular weight is 309 g/mol. The van der Waals surface area contributed by atoms with Crippen LogP contribution in [0.1, 0.15) is 29.8 Å². The van der Waals surface area contributed by atoms with Gasteiger partial charge in [0.15, 0.2) is 5.78 Å². The van der Waals surface area contributed by atoms with Crippen molar-refractivity contribution in [3.05, 3.63) is 47.8 Å². The van der Waals surface area contributed by atoms with E-state index in [0.717, 1.165) is 28.2 Å². The first-order chi connectivity index (χ1) is 11.1. The van der Waals surface area contributed by atoms with Crippen LogP contribution in [0.15, 0.2) is 41.7 Å². The lowest BCUT2D eigenvalue weighted by Crippen LogP contribution is -2.24. The van der Waals surface area contributed by atoms with E-state index in [1.165, 1.54) is 0 Å². The van der Waals surface area contributed by atoms with Gasteiger partial charge < -0.3 is 10.5 Å². The molecule has 2 heterocycles. The van der Waals surface area contributed by atoms with Gasteiger partial charge in [0.05, 0.1) is 18.0 Å². The molecule has 23 heavy (non-hydrogen) atoms. The molecule has 5 nitrogen and oxygen atoms in total. The molecule has 1 aromatic carbocycles. The highest BCUT2D eigenvalue weighted by molar-refractivity contribution is 6.16. The Morgan fingerprint density at radius 2 is 2.00 bits per heavy atom. The highest BCUT2D eigenvalue weighted by Crippen LogP contribution is 2.27. The Balaban J connectivity index is 2.02. The van der Waals surface area contributed by atoms with Crippen molar-refractivity contribution in [2.24, 2.45) is 10.7 Å². The number of aromatic nitrogens is 1. The molecule has 0 saturated carbocycles. The van der Waals surface area contributed by atoms with Gasteiger partial charge >= 0.3 is 0 Å². The largest absolute Gasteiger partial charge is 0.489 e. The molecule has 0 radical (unpaired) electrons. The van der Waals surface area contributed by atoms with Crippen LogP contribution in [-0.4, -0.2) is 35.7 Å². The molecule has 0 spiro atoms. The first-order valence-corrected chi connectivity index (χ1v) is 7.61. The summed E-state index contributed by atoms with van der Waals surface area (Å²) in [6.07, 6.45) is 3.56. The van der Waals surface area contributed by atoms with Crippen molar-refractivity contribution in [3.63, 3.8) is 0 Å². The summed E-state index contributed by atoms with van der Waals surface area (Å²) in [6, 6.07) is 7.66. The van der Waals surface area contributed by atoms with E-state index in [-0.39, 0.29) is 18.4 Å². The summed E-state index contributed by atoms with van der Waals surface area (Å²) in [4.78, 5) is 20.5. The first-order valence-electron chi connectivity index (χ1n) is 7.61. The molecular weight excluding hydrogens is 290 g/mol. The van der Waals surface area contributed by atoms with Gasteiger partial charge in [-0.05, 0) is 31.5 Å². The second kappa shape index (κ2) is 6.30. The standard InChI is InChI=1S/C18H19N3O2/c1-11(2)23-14-5-13(8-20-9-14)12-3-4-15-16(6-12)17(7-19)21-10-18(15)22/h3-6,8-9,11H,7,10,19H2,1-2H3. The number of carbonyl (C=O) groups excluding carboxylic acids is 1. The summed E-state index contributed by atoms with van der Waals surface area (Å²) in [5.74, 6) is 0.748. The number of aliphatic imine (C=N–C) groups is 1. The van der Waals surface area contributed by atoms with Crippen LogP contribution in [-0.2, 0) is 0 Å². The number of carbonyl (C=O) groups is 1. The normalized spacial score (nSPS) is 13.7. The second-order valence-electron chi connectivity index (χ2n) is 5.73. The highest BCUT2D eigenvalue weighted by Gasteiger charge is 2.20. The van der Waals surface area contributed by atoms with Crippen molar-refractivity contribution >= 4 is 11.5 Å². The number of rotatable bonds is 4. The molecule has 1 aliphatic rings. The Hall–Kier alpha value is -2.53. The van der Waals surface area contributed by atoms with Crippen LogP contribution in [0.4, 0.5) is 0 Å². The minimum Gasteiger partial charge on any atom is -0.489 e. The number of fused-ring (bicyclic) bond motifs is 1. The lowest BCUT2D eigenvalue weighted by atomic mass is 9.93. The minimum atomic E-state index is 0.0266. The van der Waals surface area contributed by atoms with Gasteiger partial charge in [-0.15, -0.1) is 0 Å². The third kappa shape index (κ3) is 3.14. The van der Waals surface area contributed by atoms with Gasteiger partial charge in [0.25, 0.3) is 0 Å². The Labute approximate surface area is 135 Å². The number of nitrogens with two attached hydrogens (primary N) is 1. The first kappa shape index (κ1) is 15.4. The van der Waals surface area contributed by atoms with Crippen LogP contribution < -0.4 is 10.5 Å². The minimum absolute atomic E-state index is 0.0266. The molecule has 0 saturated heterocycles. The number of hydrogen-bond donors (Lipinski definition) is 1. The van der Waals surface area contributed by atoms with E-state index in [9.17, 15) is 4.79 Å². The SMILES string of the molecule is CC(C)Oc1cncc(-c2ccc3c(c2)C(CN)=NCC3=O)c1. The van der Waals surface area contributed by atoms with E-state index in [1.807, 2.05) is 38.1 Å². The quantitative estimate of drug-likeness (QED) is 0.941. The van der Waals surface area contributed by atoms with Crippen LogP contribution in [0.2, 0.25) is 0 Å². The summed E-state index contributed by atoms with van der Waals surface area (Å²) in [5, 5.41) is 0. The van der Waals surface area contributed by atoms with Crippen molar-refractivity contribution in [1.29, 1.82) is 0 Å². The third-order valence-electron chi connectivity index (χ3n) is 3.66. The molecular formula is C18H19N3O2. The van der Waals surface area contributed by atoms with E-state index in [0.29, 0.717) is 12.1 Å². The Morgan fingerprint density at radius 1 is 1.17 bits per heavy atom. The number of pyridine rings is 1. The topological polar surface area (TPSA) is 77.6 Å². The summed E-state index contributed by atoms with van der Waals surface area (Å²) >= 11 is 0. The molecule has 1 aromatic heterocycles. The van der Waals surface area contributed by atoms with E-state index in [4.69, 9.17) is 10.5 Å². The molecule has 5 heteroatoms. The van der Waals surface area contributed by atoms with Crippen LogP contribution in [0, 0.1) is 0 Å². The molecule has 2 N–H and O–H groups in total. The lowest BCUT2D eigenvalue weighted by molar-refractivity contribution is 0.1000. The molecule has 0 aliphatic carbocycles. The van der Waals surface area contributed by atoms with Crippen LogP contribution in [0.5, 0.6) is 5.75 Å². The van der Waals surface area contributed by atoms with Gasteiger partial charge in [0.2, 0.25) is 0 Å². The second-order valence-corrected chi connectivity index (χ2v) is 5.73. The van der Waals surface area contributed by atoms with E-state index < -0.39 is 0 Å². The fraction of sp³-hybridized carbons (Fsp3) is 0.278. The summed E-state index contributed by atoms with van der Waals surface area (Å²) < 4.78 is 5.69. The van der Waals surface area contributed by atoms with E-state index in [1.54, 1.807) is 12.4 Å². The molecule has 1 aliphatic heterocycles. The Kier molecular flexibility index (Phi) is 4.21. The molecule has 3 rings (SSSR count). The zero-order chi connectivity index (χ0) is 16.4. The zero-order valence-corrected chi connectivity index (χ0v) is 13.2. The average Bonchev–Trinajstić information content (AvgIpc) is 2.54. The lowest BCUT2D eigenvalue weighted by Gasteiger charge is -2.16. The fourth-order valence-corrected chi connectivity index (χ4v) is 2.63. The van der Waals surface area contributed by atoms with Gasteiger partial charge in [-0.1, -0.05) is 12.1 Å². The van der Waals surface area contributed by atoms with Crippen molar-refractivity contribution in [1.82, 2.24) is 4.98 Å². The molecule has 0 fully saturated rings. The summed E-state index contributed by atoms with van der Waals surface area (Å²) in [6.45, 7) is 4.44.